The molecule has 0 spiro atoms. The summed E-state index contributed by atoms with van der Waals surface area (Å²) in [6, 6.07) is 15.3. The number of amides is 1. The third-order valence-electron chi connectivity index (χ3n) is 4.04. The molecule has 0 aliphatic rings. The van der Waals surface area contributed by atoms with Crippen LogP contribution in [-0.4, -0.2) is 22.7 Å². The molecular formula is C22H18ClFN4O2S. The summed E-state index contributed by atoms with van der Waals surface area (Å²) in [6.07, 6.45) is 2.82. The Kier molecular flexibility index (Phi) is 8.10. The molecule has 158 valence electrons. The molecule has 9 heteroatoms. The molecule has 1 aromatic heterocycles. The second kappa shape index (κ2) is 11.2. The predicted molar refractivity (Wildman–Crippen MR) is 118 cm³/mol. The number of ether oxygens (including phenoxy) is 1. The third-order valence-corrected chi connectivity index (χ3v) is 5.40. The van der Waals surface area contributed by atoms with E-state index in [0.717, 1.165) is 22.5 Å². The van der Waals surface area contributed by atoms with E-state index >= 15 is 0 Å². The summed E-state index contributed by atoms with van der Waals surface area (Å²) in [5.41, 5.74) is 1.58. The molecule has 0 fully saturated rings. The van der Waals surface area contributed by atoms with Gasteiger partial charge in [0.25, 0.3) is 5.91 Å². The minimum Gasteiger partial charge on any atom is -0.494 e. The van der Waals surface area contributed by atoms with Crippen LogP contribution in [0.3, 0.4) is 0 Å². The normalized spacial score (nSPS) is 11.1. The Morgan fingerprint density at radius 1 is 1.23 bits per heavy atom. The number of benzene rings is 2. The number of nitrogens with zero attached hydrogens (tertiary/aromatic N) is 3. The topological polar surface area (TPSA) is 87.9 Å². The van der Waals surface area contributed by atoms with Gasteiger partial charge in [-0.2, -0.15) is 5.26 Å². The maximum atomic E-state index is 13.0. The second-order valence-corrected chi connectivity index (χ2v) is 7.78. The van der Waals surface area contributed by atoms with Gasteiger partial charge in [-0.3, -0.25) is 4.79 Å². The summed E-state index contributed by atoms with van der Waals surface area (Å²) in [5.74, 6) is -0.0408. The van der Waals surface area contributed by atoms with E-state index < -0.39 is 0 Å². The molecule has 0 radical (unpaired) electrons. The maximum absolute atomic E-state index is 13.0. The average Bonchev–Trinajstić information content (AvgIpc) is 3.27. The lowest BCUT2D eigenvalue weighted by atomic mass is 10.2. The Balaban J connectivity index is 1.60. The monoisotopic (exact) mass is 456 g/mol. The van der Waals surface area contributed by atoms with Crippen molar-refractivity contribution in [3.8, 4) is 11.8 Å². The van der Waals surface area contributed by atoms with Crippen molar-refractivity contribution in [3.63, 3.8) is 0 Å². The summed E-state index contributed by atoms with van der Waals surface area (Å²) in [4.78, 5) is 12.3. The van der Waals surface area contributed by atoms with Gasteiger partial charge in [0.15, 0.2) is 5.01 Å². The quantitative estimate of drug-likeness (QED) is 0.456. The number of aromatic nitrogens is 2. The van der Waals surface area contributed by atoms with Gasteiger partial charge in [0.1, 0.15) is 11.6 Å². The van der Waals surface area contributed by atoms with E-state index in [1.807, 2.05) is 24.3 Å². The van der Waals surface area contributed by atoms with Gasteiger partial charge in [-0.25, -0.2) is 4.39 Å². The highest BCUT2D eigenvalue weighted by Gasteiger charge is 2.14. The zero-order valence-corrected chi connectivity index (χ0v) is 17.9. The molecule has 0 atom stereocenters. The third kappa shape index (κ3) is 6.88. The Bertz CT molecular complexity index is 1110. The molecule has 0 saturated heterocycles. The van der Waals surface area contributed by atoms with Gasteiger partial charge in [0.2, 0.25) is 5.01 Å². The first-order valence-electron chi connectivity index (χ1n) is 9.38. The summed E-state index contributed by atoms with van der Waals surface area (Å²) < 4.78 is 18.6. The van der Waals surface area contributed by atoms with E-state index in [1.54, 1.807) is 18.2 Å². The number of unbranched alkanes of at least 4 members (excludes halogenated alkanes) is 1. The Morgan fingerprint density at radius 2 is 2.00 bits per heavy atom. The lowest BCUT2D eigenvalue weighted by Gasteiger charge is -2.05. The number of nitriles is 1. The lowest BCUT2D eigenvalue weighted by molar-refractivity contribution is 0.0950. The Labute approximate surface area is 188 Å². The fraction of sp³-hybridized carbons (Fsp3) is 0.182. The molecular weight excluding hydrogens is 439 g/mol. The van der Waals surface area contributed by atoms with Crippen molar-refractivity contribution in [2.24, 2.45) is 0 Å². The van der Waals surface area contributed by atoms with Gasteiger partial charge in [-0.1, -0.05) is 47.2 Å². The zero-order valence-electron chi connectivity index (χ0n) is 16.3. The van der Waals surface area contributed by atoms with Crippen molar-refractivity contribution in [1.82, 2.24) is 15.5 Å². The molecule has 3 aromatic rings. The molecule has 31 heavy (non-hydrogen) atoms. The highest BCUT2D eigenvalue weighted by molar-refractivity contribution is 7.15. The lowest BCUT2D eigenvalue weighted by Crippen LogP contribution is -2.22. The summed E-state index contributed by atoms with van der Waals surface area (Å²) in [5, 5.41) is 20.1. The first-order chi connectivity index (χ1) is 15.0. The molecule has 2 aromatic carbocycles. The first kappa shape index (κ1) is 22.4. The molecule has 0 aliphatic heterocycles. The molecule has 3 rings (SSSR count). The molecule has 0 bridgehead atoms. The van der Waals surface area contributed by atoms with Gasteiger partial charge in [0.05, 0.1) is 17.7 Å². The molecule has 1 amide bonds. The van der Waals surface area contributed by atoms with Crippen molar-refractivity contribution in [1.29, 1.82) is 5.26 Å². The van der Waals surface area contributed by atoms with E-state index in [-0.39, 0.29) is 23.3 Å². The number of halogens is 2. The van der Waals surface area contributed by atoms with Gasteiger partial charge in [-0.15, -0.1) is 10.2 Å². The molecule has 6 nitrogen and oxygen atoms in total. The smallest absolute Gasteiger partial charge is 0.282 e. The van der Waals surface area contributed by atoms with Crippen molar-refractivity contribution in [3.05, 3.63) is 75.5 Å². The van der Waals surface area contributed by atoms with Crippen LogP contribution in [0.25, 0.3) is 11.1 Å². The zero-order chi connectivity index (χ0) is 22.1. The van der Waals surface area contributed by atoms with Crippen LogP contribution >= 0.6 is 22.9 Å². The Morgan fingerprint density at radius 3 is 2.77 bits per heavy atom. The number of carbonyl (C=O) groups is 1. The van der Waals surface area contributed by atoms with Gasteiger partial charge >= 0.3 is 0 Å². The molecule has 0 saturated carbocycles. The van der Waals surface area contributed by atoms with Crippen molar-refractivity contribution >= 4 is 40.0 Å². The van der Waals surface area contributed by atoms with E-state index in [4.69, 9.17) is 21.6 Å². The van der Waals surface area contributed by atoms with Gasteiger partial charge in [0, 0.05) is 13.0 Å². The molecule has 1 heterocycles. The fourth-order valence-electron chi connectivity index (χ4n) is 2.52. The van der Waals surface area contributed by atoms with Gasteiger partial charge < -0.3 is 10.1 Å². The maximum Gasteiger partial charge on any atom is 0.282 e. The average molecular weight is 457 g/mol. The van der Waals surface area contributed by atoms with Gasteiger partial charge in [-0.05, 0) is 47.9 Å². The van der Waals surface area contributed by atoms with Crippen molar-refractivity contribution < 1.29 is 13.9 Å². The van der Waals surface area contributed by atoms with Crippen LogP contribution in [0, 0.1) is 17.1 Å². The van der Waals surface area contributed by atoms with E-state index in [9.17, 15) is 9.18 Å². The van der Waals surface area contributed by atoms with E-state index in [0.29, 0.717) is 35.2 Å². The predicted octanol–water partition coefficient (Wildman–Crippen LogP) is 5.03. The second-order valence-electron chi connectivity index (χ2n) is 6.40. The SMILES string of the molecule is N#CCCCOc1cccc(/C=C(\Cl)c2nnc(C(=O)NCc3ccc(F)cc3)s2)c1. The molecule has 1 N–H and O–H groups in total. The number of carbonyl (C=O) groups excluding carboxylic acids is 1. The number of hydrogen-bond donors (Lipinski definition) is 1. The number of rotatable bonds is 9. The fourth-order valence-corrected chi connectivity index (χ4v) is 3.46. The van der Waals surface area contributed by atoms with E-state index in [2.05, 4.69) is 21.6 Å². The van der Waals surface area contributed by atoms with E-state index in [1.165, 1.54) is 12.1 Å². The highest BCUT2D eigenvalue weighted by Crippen LogP contribution is 2.26. The molecule has 0 aliphatic carbocycles. The number of hydrogen-bond acceptors (Lipinski definition) is 6. The minimum atomic E-state index is -0.384. The van der Waals surface area contributed by atoms with Crippen LogP contribution in [0.4, 0.5) is 4.39 Å². The van der Waals surface area contributed by atoms with Crippen LogP contribution in [0.2, 0.25) is 0 Å². The summed E-state index contributed by atoms with van der Waals surface area (Å²) in [7, 11) is 0. The van der Waals surface area contributed by atoms with Crippen LogP contribution < -0.4 is 10.1 Å². The van der Waals surface area contributed by atoms with Crippen LogP contribution in [0.5, 0.6) is 5.75 Å². The minimum absolute atomic E-state index is 0.179. The summed E-state index contributed by atoms with van der Waals surface area (Å²) >= 11 is 7.44. The largest absolute Gasteiger partial charge is 0.494 e. The van der Waals surface area contributed by atoms with Crippen LogP contribution in [0.15, 0.2) is 48.5 Å². The van der Waals surface area contributed by atoms with Crippen LogP contribution in [0.1, 0.15) is 38.8 Å². The standard InChI is InChI=1S/C22H18ClFN4O2S/c23-19(13-16-4-3-5-18(12-16)30-11-2-1-10-25)21-27-28-22(31-21)20(29)26-14-15-6-8-17(24)9-7-15/h3-9,12-13H,1-2,11,14H2,(H,26,29)/b19-13-. The molecule has 0 unspecified atom stereocenters. The number of nitrogens with one attached hydrogen (secondary N) is 1. The highest BCUT2D eigenvalue weighted by atomic mass is 35.5. The van der Waals surface area contributed by atoms with Crippen LogP contribution in [-0.2, 0) is 6.54 Å². The van der Waals surface area contributed by atoms with Crippen molar-refractivity contribution in [2.45, 2.75) is 19.4 Å². The van der Waals surface area contributed by atoms with Crippen molar-refractivity contribution in [2.75, 3.05) is 6.61 Å². The Hall–Kier alpha value is -3.28. The first-order valence-corrected chi connectivity index (χ1v) is 10.6. The summed E-state index contributed by atoms with van der Waals surface area (Å²) in [6.45, 7) is 0.708.